The number of anilines is 2. The summed E-state index contributed by atoms with van der Waals surface area (Å²) < 4.78 is 9.94. The second-order valence-electron chi connectivity index (χ2n) is 3.86. The number of rotatable bonds is 8. The van der Waals surface area contributed by atoms with Crippen molar-refractivity contribution in [3.8, 4) is 0 Å². The molecule has 0 atom stereocenters. The van der Waals surface area contributed by atoms with Crippen LogP contribution in [0, 0.1) is 0 Å². The van der Waals surface area contributed by atoms with Gasteiger partial charge in [0.2, 0.25) is 6.39 Å². The topological polar surface area (TPSA) is 124 Å². The van der Waals surface area contributed by atoms with Gasteiger partial charge in [-0.1, -0.05) is 5.16 Å². The van der Waals surface area contributed by atoms with Crippen LogP contribution in [0.15, 0.2) is 17.0 Å². The molecule has 2 heterocycles. The first-order valence-corrected chi connectivity index (χ1v) is 6.23. The van der Waals surface area contributed by atoms with E-state index in [1.807, 2.05) is 6.92 Å². The number of nitrogen functional groups attached to an aromatic ring is 1. The van der Waals surface area contributed by atoms with E-state index in [-0.39, 0.29) is 0 Å². The van der Waals surface area contributed by atoms with E-state index in [4.69, 9.17) is 10.6 Å². The summed E-state index contributed by atoms with van der Waals surface area (Å²) in [6.07, 6.45) is 1.93. The number of hydrazine groups is 1. The lowest BCUT2D eigenvalue weighted by molar-refractivity contribution is 0.128. The van der Waals surface area contributed by atoms with Crippen LogP contribution < -0.4 is 16.6 Å². The fraction of sp³-hybridized carbons (Fsp3) is 0.455. The van der Waals surface area contributed by atoms with Crippen LogP contribution in [0.25, 0.3) is 0 Å². The van der Waals surface area contributed by atoms with Gasteiger partial charge < -0.3 is 20.0 Å². The molecule has 0 aliphatic rings. The number of hydrogen-bond donors (Lipinski definition) is 3. The number of aromatic nitrogens is 4. The fourth-order valence-corrected chi connectivity index (χ4v) is 1.52. The Morgan fingerprint density at radius 2 is 2.15 bits per heavy atom. The number of nitrogens with one attached hydrogen (secondary N) is 2. The van der Waals surface area contributed by atoms with Crippen LogP contribution in [0.3, 0.4) is 0 Å². The van der Waals surface area contributed by atoms with Crippen LogP contribution in [0.5, 0.6) is 0 Å². The molecular formula is C11H17N7O2. The van der Waals surface area contributed by atoms with E-state index in [0.29, 0.717) is 49.5 Å². The molecule has 2 aromatic heterocycles. The van der Waals surface area contributed by atoms with Crippen LogP contribution in [-0.4, -0.2) is 33.3 Å². The van der Waals surface area contributed by atoms with E-state index in [2.05, 4.69) is 35.4 Å². The molecule has 2 aromatic rings. The summed E-state index contributed by atoms with van der Waals surface area (Å²) in [5, 5.41) is 6.88. The Hall–Kier alpha value is -2.26. The Morgan fingerprint density at radius 3 is 2.85 bits per heavy atom. The van der Waals surface area contributed by atoms with Crippen LogP contribution in [-0.2, 0) is 17.8 Å². The molecule has 0 radical (unpaired) electrons. The Morgan fingerprint density at radius 1 is 1.30 bits per heavy atom. The predicted molar refractivity (Wildman–Crippen MR) is 71.7 cm³/mol. The van der Waals surface area contributed by atoms with Gasteiger partial charge >= 0.3 is 0 Å². The van der Waals surface area contributed by atoms with Crippen molar-refractivity contribution >= 4 is 11.6 Å². The minimum atomic E-state index is 0.339. The number of nitrogens with zero attached hydrogens (tertiary/aromatic N) is 4. The predicted octanol–water partition coefficient (Wildman–Crippen LogP) is 0.336. The highest BCUT2D eigenvalue weighted by molar-refractivity contribution is 5.46. The number of nitrogens with two attached hydrogens (primary N) is 1. The lowest BCUT2D eigenvalue weighted by Gasteiger charge is -2.09. The average Bonchev–Trinajstić information content (AvgIpc) is 2.98. The Labute approximate surface area is 115 Å². The minimum Gasteiger partial charge on any atom is -0.374 e. The monoisotopic (exact) mass is 279 g/mol. The molecular weight excluding hydrogens is 262 g/mol. The largest absolute Gasteiger partial charge is 0.374 e. The molecule has 0 spiro atoms. The SMILES string of the molecule is CCOCc1nc(NN)cc(NCCc2ncon2)n1. The first kappa shape index (κ1) is 14.2. The molecule has 2 rings (SSSR count). The first-order valence-electron chi connectivity index (χ1n) is 6.23. The quantitative estimate of drug-likeness (QED) is 0.463. The van der Waals surface area contributed by atoms with E-state index in [1.165, 1.54) is 6.39 Å². The molecule has 0 fully saturated rings. The van der Waals surface area contributed by atoms with Crippen molar-refractivity contribution in [1.29, 1.82) is 0 Å². The van der Waals surface area contributed by atoms with Gasteiger partial charge in [0.15, 0.2) is 11.6 Å². The molecule has 9 nitrogen and oxygen atoms in total. The first-order chi connectivity index (χ1) is 9.81. The zero-order chi connectivity index (χ0) is 14.2. The molecule has 0 saturated carbocycles. The maximum absolute atomic E-state index is 5.38. The Bertz CT molecular complexity index is 517. The summed E-state index contributed by atoms with van der Waals surface area (Å²) in [7, 11) is 0. The molecule has 0 aliphatic heterocycles. The summed E-state index contributed by atoms with van der Waals surface area (Å²) in [5.74, 6) is 7.76. The van der Waals surface area contributed by atoms with Gasteiger partial charge in [0.25, 0.3) is 0 Å². The lowest BCUT2D eigenvalue weighted by atomic mass is 10.4. The maximum Gasteiger partial charge on any atom is 0.213 e. The molecule has 20 heavy (non-hydrogen) atoms. The van der Waals surface area contributed by atoms with Crippen molar-refractivity contribution in [2.45, 2.75) is 20.0 Å². The molecule has 0 amide bonds. The summed E-state index contributed by atoms with van der Waals surface area (Å²) in [6.45, 7) is 3.47. The third-order valence-electron chi connectivity index (χ3n) is 2.42. The number of hydrogen-bond acceptors (Lipinski definition) is 9. The van der Waals surface area contributed by atoms with E-state index in [0.717, 1.165) is 0 Å². The fourth-order valence-electron chi connectivity index (χ4n) is 1.52. The van der Waals surface area contributed by atoms with E-state index in [1.54, 1.807) is 6.07 Å². The second-order valence-corrected chi connectivity index (χ2v) is 3.86. The minimum absolute atomic E-state index is 0.339. The van der Waals surface area contributed by atoms with Gasteiger partial charge in [-0.15, -0.1) is 0 Å². The van der Waals surface area contributed by atoms with Gasteiger partial charge in [-0.05, 0) is 6.92 Å². The highest BCUT2D eigenvalue weighted by Crippen LogP contribution is 2.11. The van der Waals surface area contributed by atoms with E-state index in [9.17, 15) is 0 Å². The molecule has 108 valence electrons. The summed E-state index contributed by atoms with van der Waals surface area (Å²) in [5.41, 5.74) is 2.50. The van der Waals surface area contributed by atoms with Gasteiger partial charge in [-0.3, -0.25) is 0 Å². The van der Waals surface area contributed by atoms with Gasteiger partial charge in [0, 0.05) is 25.6 Å². The molecule has 0 aromatic carbocycles. The Balaban J connectivity index is 1.94. The van der Waals surface area contributed by atoms with Crippen molar-refractivity contribution in [1.82, 2.24) is 20.1 Å². The Kier molecular flexibility index (Phi) is 5.21. The molecule has 0 aliphatic carbocycles. The second kappa shape index (κ2) is 7.36. The van der Waals surface area contributed by atoms with Crippen molar-refractivity contribution in [2.24, 2.45) is 5.84 Å². The highest BCUT2D eigenvalue weighted by Gasteiger charge is 2.05. The molecule has 4 N–H and O–H groups in total. The normalized spacial score (nSPS) is 10.5. The van der Waals surface area contributed by atoms with Gasteiger partial charge in [-0.2, -0.15) is 4.98 Å². The van der Waals surface area contributed by atoms with Crippen molar-refractivity contribution in [3.05, 3.63) is 24.1 Å². The van der Waals surface area contributed by atoms with Crippen molar-refractivity contribution < 1.29 is 9.26 Å². The van der Waals surface area contributed by atoms with Crippen molar-refractivity contribution in [2.75, 3.05) is 23.9 Å². The maximum atomic E-state index is 5.38. The van der Waals surface area contributed by atoms with Crippen molar-refractivity contribution in [3.63, 3.8) is 0 Å². The molecule has 0 saturated heterocycles. The van der Waals surface area contributed by atoms with Crippen LogP contribution >= 0.6 is 0 Å². The lowest BCUT2D eigenvalue weighted by Crippen LogP contribution is -2.14. The molecule has 0 unspecified atom stereocenters. The van der Waals surface area contributed by atoms with Gasteiger partial charge in [0.1, 0.15) is 18.2 Å². The average molecular weight is 279 g/mol. The van der Waals surface area contributed by atoms with Crippen LogP contribution in [0.1, 0.15) is 18.6 Å². The molecule has 0 bridgehead atoms. The zero-order valence-corrected chi connectivity index (χ0v) is 11.2. The van der Waals surface area contributed by atoms with Crippen LogP contribution in [0.2, 0.25) is 0 Å². The third kappa shape index (κ3) is 4.14. The smallest absolute Gasteiger partial charge is 0.213 e. The summed E-state index contributed by atoms with van der Waals surface area (Å²) in [6, 6.07) is 1.71. The van der Waals surface area contributed by atoms with Gasteiger partial charge in [-0.25, -0.2) is 15.8 Å². The number of ether oxygens (including phenoxy) is 1. The standard InChI is InChI=1S/C11H17N7O2/c1-2-19-6-11-15-9(5-10(16-11)17-12)13-4-3-8-14-7-20-18-8/h5,7H,2-4,6,12H2,1H3,(H2,13,15,16,17). The summed E-state index contributed by atoms with van der Waals surface area (Å²) in [4.78, 5) is 12.5. The van der Waals surface area contributed by atoms with E-state index < -0.39 is 0 Å². The summed E-state index contributed by atoms with van der Waals surface area (Å²) >= 11 is 0. The molecule has 9 heteroatoms. The zero-order valence-electron chi connectivity index (χ0n) is 11.2. The highest BCUT2D eigenvalue weighted by atomic mass is 16.5. The van der Waals surface area contributed by atoms with E-state index >= 15 is 0 Å². The third-order valence-corrected chi connectivity index (χ3v) is 2.42. The van der Waals surface area contributed by atoms with Gasteiger partial charge in [0.05, 0.1) is 0 Å². The van der Waals surface area contributed by atoms with Crippen LogP contribution in [0.4, 0.5) is 11.6 Å².